The lowest BCUT2D eigenvalue weighted by Gasteiger charge is -2.40. The molecule has 124 valence electrons. The summed E-state index contributed by atoms with van der Waals surface area (Å²) < 4.78 is 0. The number of hydrogen-bond acceptors (Lipinski definition) is 3. The molecule has 5 heteroatoms. The van der Waals surface area contributed by atoms with Crippen LogP contribution in [0.1, 0.15) is 37.5 Å². The van der Waals surface area contributed by atoms with Gasteiger partial charge in [-0.3, -0.25) is 4.79 Å². The summed E-state index contributed by atoms with van der Waals surface area (Å²) in [5.74, 6) is 0.978. The van der Waals surface area contributed by atoms with Crippen molar-refractivity contribution in [1.82, 2.24) is 10.2 Å². The van der Waals surface area contributed by atoms with E-state index in [-0.39, 0.29) is 17.8 Å². The number of nitrogens with one attached hydrogen (secondary N) is 1. The zero-order chi connectivity index (χ0) is 14.7. The summed E-state index contributed by atoms with van der Waals surface area (Å²) in [7, 11) is 0. The Morgan fingerprint density at radius 2 is 2.36 bits per heavy atom. The van der Waals surface area contributed by atoms with Crippen molar-refractivity contribution in [1.29, 1.82) is 0 Å². The van der Waals surface area contributed by atoms with Crippen LogP contribution in [0, 0.1) is 11.3 Å². The van der Waals surface area contributed by atoms with Crippen molar-refractivity contribution >= 4 is 29.7 Å². The van der Waals surface area contributed by atoms with Crippen molar-refractivity contribution in [2.24, 2.45) is 11.3 Å². The van der Waals surface area contributed by atoms with Crippen LogP contribution in [0.3, 0.4) is 0 Å². The average Bonchev–Trinajstić information content (AvgIpc) is 3.17. The van der Waals surface area contributed by atoms with Gasteiger partial charge in [-0.2, -0.15) is 0 Å². The van der Waals surface area contributed by atoms with Crippen LogP contribution in [0.15, 0.2) is 17.5 Å². The zero-order valence-corrected chi connectivity index (χ0v) is 15.0. The average molecular weight is 343 g/mol. The summed E-state index contributed by atoms with van der Waals surface area (Å²) in [5, 5.41) is 5.60. The smallest absolute Gasteiger partial charge is 0.230 e. The number of likely N-dealkylation sites (N-methyl/N-ethyl adjacent to an activating group) is 1. The minimum absolute atomic E-state index is 0. The van der Waals surface area contributed by atoms with Gasteiger partial charge in [-0.05, 0) is 50.1 Å². The maximum atomic E-state index is 13.2. The Balaban J connectivity index is 0.00000176. The molecule has 1 aliphatic heterocycles. The van der Waals surface area contributed by atoms with Gasteiger partial charge in [0.15, 0.2) is 0 Å². The predicted octanol–water partition coefficient (Wildman–Crippen LogP) is 3.34. The van der Waals surface area contributed by atoms with E-state index in [1.807, 2.05) is 0 Å². The molecule has 0 spiro atoms. The van der Waals surface area contributed by atoms with E-state index < -0.39 is 0 Å². The molecule has 1 saturated heterocycles. The number of rotatable bonds is 5. The van der Waals surface area contributed by atoms with Crippen LogP contribution in [0.5, 0.6) is 0 Å². The lowest BCUT2D eigenvalue weighted by molar-refractivity contribution is -0.145. The molecule has 22 heavy (non-hydrogen) atoms. The largest absolute Gasteiger partial charge is 0.342 e. The molecule has 1 N–H and O–H groups in total. The molecule has 2 atom stereocenters. The molecular formula is C17H27ClN2OS. The lowest BCUT2D eigenvalue weighted by atomic mass is 9.67. The van der Waals surface area contributed by atoms with Gasteiger partial charge in [0.25, 0.3) is 0 Å². The number of thiophene rings is 1. The summed E-state index contributed by atoms with van der Waals surface area (Å²) in [6.07, 6.45) is 5.81. The number of nitrogens with zero attached hydrogens (tertiary/aromatic N) is 1. The van der Waals surface area contributed by atoms with Crippen molar-refractivity contribution < 1.29 is 4.79 Å². The van der Waals surface area contributed by atoms with Crippen LogP contribution in [0.4, 0.5) is 0 Å². The molecule has 0 radical (unpaired) electrons. The van der Waals surface area contributed by atoms with E-state index in [1.165, 1.54) is 24.1 Å². The Bertz CT molecular complexity index is 479. The number of amides is 1. The molecule has 0 aromatic carbocycles. The van der Waals surface area contributed by atoms with Crippen molar-refractivity contribution in [3.63, 3.8) is 0 Å². The monoisotopic (exact) mass is 342 g/mol. The highest BCUT2D eigenvalue weighted by Crippen LogP contribution is 2.45. The molecule has 1 aromatic heterocycles. The van der Waals surface area contributed by atoms with Gasteiger partial charge in [0.2, 0.25) is 5.91 Å². The highest BCUT2D eigenvalue weighted by molar-refractivity contribution is 7.09. The summed E-state index contributed by atoms with van der Waals surface area (Å²) in [4.78, 5) is 16.7. The van der Waals surface area contributed by atoms with Crippen LogP contribution in [-0.4, -0.2) is 37.0 Å². The molecule has 2 heterocycles. The molecule has 3 nitrogen and oxygen atoms in total. The number of carbonyl (C=O) groups is 1. The Hall–Kier alpha value is -0.580. The fraction of sp³-hybridized carbons (Fsp3) is 0.706. The number of carbonyl (C=O) groups excluding carboxylic acids is 1. The van der Waals surface area contributed by atoms with Crippen LogP contribution in [0.2, 0.25) is 0 Å². The normalized spacial score (nSPS) is 27.0. The maximum Gasteiger partial charge on any atom is 0.230 e. The van der Waals surface area contributed by atoms with E-state index in [9.17, 15) is 4.79 Å². The van der Waals surface area contributed by atoms with Crippen LogP contribution in [0.25, 0.3) is 0 Å². The van der Waals surface area contributed by atoms with E-state index in [2.05, 4.69) is 34.7 Å². The highest BCUT2D eigenvalue weighted by atomic mass is 35.5. The van der Waals surface area contributed by atoms with E-state index in [1.54, 1.807) is 11.3 Å². The third kappa shape index (κ3) is 3.34. The van der Waals surface area contributed by atoms with E-state index >= 15 is 0 Å². The van der Waals surface area contributed by atoms with Gasteiger partial charge in [0, 0.05) is 24.5 Å². The molecule has 1 aromatic rings. The van der Waals surface area contributed by atoms with Gasteiger partial charge in [0.1, 0.15) is 0 Å². The molecular weight excluding hydrogens is 316 g/mol. The first-order valence-corrected chi connectivity index (χ1v) is 9.17. The van der Waals surface area contributed by atoms with Crippen LogP contribution >= 0.6 is 23.7 Å². The summed E-state index contributed by atoms with van der Waals surface area (Å²) >= 11 is 1.79. The Morgan fingerprint density at radius 1 is 1.50 bits per heavy atom. The Kier molecular flexibility index (Phi) is 6.30. The van der Waals surface area contributed by atoms with Crippen molar-refractivity contribution in [3.05, 3.63) is 22.4 Å². The number of halogens is 1. The summed E-state index contributed by atoms with van der Waals surface area (Å²) in [5.41, 5.74) is -0.0935. The summed E-state index contributed by atoms with van der Waals surface area (Å²) in [6.45, 7) is 5.74. The first-order valence-electron chi connectivity index (χ1n) is 8.29. The molecule has 1 saturated carbocycles. The lowest BCUT2D eigenvalue weighted by Crippen LogP contribution is -2.50. The third-order valence-corrected chi connectivity index (χ3v) is 6.28. The topological polar surface area (TPSA) is 32.3 Å². The zero-order valence-electron chi connectivity index (χ0n) is 13.3. The predicted molar refractivity (Wildman–Crippen MR) is 94.8 cm³/mol. The standard InChI is InChI=1S/C17H26N2OS.ClH/c1-2-19(10-8-15-7-5-11-21-15)16(20)17-9-4-3-6-14(17)12-18-13-17;/h5,7,11,14,18H,2-4,6,8-10,12-13H2,1H3;1H/t14-,17+;/m0./s1. The molecule has 1 amide bonds. The van der Waals surface area contributed by atoms with Crippen molar-refractivity contribution in [2.75, 3.05) is 26.2 Å². The first-order chi connectivity index (χ1) is 10.3. The number of fused-ring (bicyclic) bond motifs is 1. The SMILES string of the molecule is CCN(CCc1cccs1)C(=O)[C@@]12CCCC[C@H]1CNC2.Cl. The molecule has 3 rings (SSSR count). The molecule has 2 aliphatic rings. The minimum Gasteiger partial charge on any atom is -0.342 e. The maximum absolute atomic E-state index is 13.2. The van der Waals surface area contributed by atoms with Gasteiger partial charge in [-0.1, -0.05) is 18.9 Å². The van der Waals surface area contributed by atoms with Gasteiger partial charge in [-0.25, -0.2) is 0 Å². The summed E-state index contributed by atoms with van der Waals surface area (Å²) in [6, 6.07) is 4.26. The minimum atomic E-state index is -0.0935. The fourth-order valence-corrected chi connectivity index (χ4v) is 4.78. The van der Waals surface area contributed by atoms with Gasteiger partial charge in [-0.15, -0.1) is 23.7 Å². The van der Waals surface area contributed by atoms with E-state index in [0.717, 1.165) is 39.0 Å². The molecule has 0 bridgehead atoms. The van der Waals surface area contributed by atoms with Gasteiger partial charge < -0.3 is 10.2 Å². The molecule has 0 unspecified atom stereocenters. The molecule has 2 fully saturated rings. The van der Waals surface area contributed by atoms with Crippen LogP contribution < -0.4 is 5.32 Å². The van der Waals surface area contributed by atoms with Crippen molar-refractivity contribution in [2.45, 2.75) is 39.0 Å². The fourth-order valence-electron chi connectivity index (χ4n) is 4.09. The van der Waals surface area contributed by atoms with E-state index in [0.29, 0.717) is 11.8 Å². The molecule has 1 aliphatic carbocycles. The number of hydrogen-bond donors (Lipinski definition) is 1. The first kappa shape index (κ1) is 17.8. The second-order valence-corrected chi connectivity index (χ2v) is 7.48. The van der Waals surface area contributed by atoms with Gasteiger partial charge >= 0.3 is 0 Å². The second-order valence-electron chi connectivity index (χ2n) is 6.44. The Labute approximate surface area is 143 Å². The van der Waals surface area contributed by atoms with Crippen molar-refractivity contribution in [3.8, 4) is 0 Å². The second kappa shape index (κ2) is 7.80. The van der Waals surface area contributed by atoms with E-state index in [4.69, 9.17) is 0 Å². The highest BCUT2D eigenvalue weighted by Gasteiger charge is 2.51. The third-order valence-electron chi connectivity index (χ3n) is 5.34. The quantitative estimate of drug-likeness (QED) is 0.890. The van der Waals surface area contributed by atoms with Gasteiger partial charge in [0.05, 0.1) is 5.41 Å². The Morgan fingerprint density at radius 3 is 3.09 bits per heavy atom. The van der Waals surface area contributed by atoms with Crippen LogP contribution in [-0.2, 0) is 11.2 Å².